The molecule has 3 heterocycles. The summed E-state index contributed by atoms with van der Waals surface area (Å²) in [6.07, 6.45) is 2.61. The lowest BCUT2D eigenvalue weighted by Gasteiger charge is -2.23. The molecule has 7 heteroatoms. The van der Waals surface area contributed by atoms with E-state index in [2.05, 4.69) is 17.1 Å². The van der Waals surface area contributed by atoms with Gasteiger partial charge in [-0.2, -0.15) is 0 Å². The molecule has 1 fully saturated rings. The van der Waals surface area contributed by atoms with Crippen molar-refractivity contribution >= 4 is 60.8 Å². The van der Waals surface area contributed by atoms with Crippen molar-refractivity contribution in [2.45, 2.75) is 29.6 Å². The lowest BCUT2D eigenvalue weighted by molar-refractivity contribution is -0.131. The Morgan fingerprint density at radius 2 is 1.75 bits per heavy atom. The van der Waals surface area contributed by atoms with Crippen LogP contribution in [0.2, 0.25) is 0 Å². The summed E-state index contributed by atoms with van der Waals surface area (Å²) in [5, 5.41) is 1.07. The Hall–Kier alpha value is -1.96. The van der Waals surface area contributed by atoms with Crippen LogP contribution < -0.4 is 0 Å². The lowest BCUT2D eigenvalue weighted by Crippen LogP contribution is -2.30. The normalized spacial score (nSPS) is 17.0. The van der Waals surface area contributed by atoms with Crippen LogP contribution in [0.15, 0.2) is 52.9 Å². The van der Waals surface area contributed by atoms with Crippen LogP contribution in [-0.4, -0.2) is 33.1 Å². The summed E-state index contributed by atoms with van der Waals surface area (Å²) in [5.41, 5.74) is 2.07. The molecule has 2 aromatic heterocycles. The van der Waals surface area contributed by atoms with E-state index in [-0.39, 0.29) is 11.9 Å². The number of benzene rings is 2. The van der Waals surface area contributed by atoms with Crippen molar-refractivity contribution < 1.29 is 4.79 Å². The Bertz CT molecular complexity index is 1070. The maximum absolute atomic E-state index is 12.9. The summed E-state index contributed by atoms with van der Waals surface area (Å²) in [6.45, 7) is 0.839. The minimum absolute atomic E-state index is 0.136. The minimum atomic E-state index is 0.136. The number of fused-ring (bicyclic) bond motifs is 2. The number of hydrogen-bond acceptors (Lipinski definition) is 6. The second-order valence-electron chi connectivity index (χ2n) is 6.81. The molecule has 28 heavy (non-hydrogen) atoms. The topological polar surface area (TPSA) is 46.1 Å². The highest BCUT2D eigenvalue weighted by molar-refractivity contribution is 8.01. The van der Waals surface area contributed by atoms with Crippen molar-refractivity contribution in [3.05, 3.63) is 53.5 Å². The number of likely N-dealkylation sites (tertiary alicyclic amines) is 1. The number of para-hydroxylation sites is 2. The third kappa shape index (κ3) is 3.54. The Balaban J connectivity index is 1.24. The van der Waals surface area contributed by atoms with Crippen LogP contribution in [0.25, 0.3) is 20.4 Å². The highest BCUT2D eigenvalue weighted by atomic mass is 32.2. The molecule has 0 spiro atoms. The van der Waals surface area contributed by atoms with Gasteiger partial charge in [-0.3, -0.25) is 4.79 Å². The van der Waals surface area contributed by atoms with E-state index in [0.29, 0.717) is 6.42 Å². The van der Waals surface area contributed by atoms with Gasteiger partial charge < -0.3 is 4.90 Å². The SMILES string of the molecule is O=C(CCSc1nc2ccccc2s1)N1CCC[C@@H]1c1nc2ccccc2s1. The summed E-state index contributed by atoms with van der Waals surface area (Å²) in [6, 6.07) is 16.5. The van der Waals surface area contributed by atoms with Crippen LogP contribution in [0.1, 0.15) is 30.3 Å². The molecule has 1 saturated heterocycles. The van der Waals surface area contributed by atoms with Gasteiger partial charge in [0.2, 0.25) is 5.91 Å². The molecular formula is C21H19N3OS3. The molecule has 5 rings (SSSR count). The molecule has 0 bridgehead atoms. The molecule has 4 aromatic rings. The molecule has 0 N–H and O–H groups in total. The van der Waals surface area contributed by atoms with Crippen molar-refractivity contribution in [1.82, 2.24) is 14.9 Å². The van der Waals surface area contributed by atoms with E-state index in [0.717, 1.165) is 45.5 Å². The fourth-order valence-corrected chi connectivity index (χ4v) is 6.82. The molecule has 1 atom stereocenters. The van der Waals surface area contributed by atoms with E-state index in [1.54, 1.807) is 34.4 Å². The van der Waals surface area contributed by atoms with Gasteiger partial charge in [0.15, 0.2) is 4.34 Å². The van der Waals surface area contributed by atoms with Crippen LogP contribution in [0.4, 0.5) is 0 Å². The first kappa shape index (κ1) is 18.1. The monoisotopic (exact) mass is 425 g/mol. The van der Waals surface area contributed by atoms with Crippen molar-refractivity contribution in [3.8, 4) is 0 Å². The van der Waals surface area contributed by atoms with Gasteiger partial charge in [-0.05, 0) is 37.1 Å². The second-order valence-corrected chi connectivity index (χ2v) is 10.2. The van der Waals surface area contributed by atoms with Gasteiger partial charge in [-0.1, -0.05) is 36.0 Å². The zero-order chi connectivity index (χ0) is 18.9. The highest BCUT2D eigenvalue weighted by Crippen LogP contribution is 2.37. The smallest absolute Gasteiger partial charge is 0.224 e. The first-order valence-electron chi connectivity index (χ1n) is 9.41. The van der Waals surface area contributed by atoms with Crippen molar-refractivity contribution in [2.75, 3.05) is 12.3 Å². The zero-order valence-corrected chi connectivity index (χ0v) is 17.7. The van der Waals surface area contributed by atoms with E-state index in [4.69, 9.17) is 4.98 Å². The van der Waals surface area contributed by atoms with Gasteiger partial charge in [0.25, 0.3) is 0 Å². The van der Waals surface area contributed by atoms with Crippen LogP contribution in [0.3, 0.4) is 0 Å². The molecule has 1 aliphatic rings. The average molecular weight is 426 g/mol. The molecule has 0 saturated carbocycles. The van der Waals surface area contributed by atoms with Gasteiger partial charge in [0.1, 0.15) is 5.01 Å². The average Bonchev–Trinajstić information content (AvgIpc) is 3.43. The summed E-state index contributed by atoms with van der Waals surface area (Å²) >= 11 is 5.10. The first-order chi connectivity index (χ1) is 13.8. The molecular weight excluding hydrogens is 406 g/mol. The first-order valence-corrected chi connectivity index (χ1v) is 12.0. The third-order valence-corrected chi connectivity index (χ3v) is 8.30. The maximum atomic E-state index is 12.9. The number of amides is 1. The summed E-state index contributed by atoms with van der Waals surface area (Å²) < 4.78 is 3.44. The quantitative estimate of drug-likeness (QED) is 0.382. The Morgan fingerprint density at radius 1 is 1.04 bits per heavy atom. The van der Waals surface area contributed by atoms with E-state index < -0.39 is 0 Å². The van der Waals surface area contributed by atoms with Gasteiger partial charge in [-0.25, -0.2) is 9.97 Å². The number of nitrogens with zero attached hydrogens (tertiary/aromatic N) is 3. The molecule has 2 aromatic carbocycles. The predicted octanol–water partition coefficient (Wildman–Crippen LogP) is 5.75. The molecule has 142 valence electrons. The van der Waals surface area contributed by atoms with Gasteiger partial charge in [0.05, 0.1) is 26.5 Å². The van der Waals surface area contributed by atoms with E-state index in [1.165, 1.54) is 9.40 Å². The van der Waals surface area contributed by atoms with Crippen molar-refractivity contribution in [1.29, 1.82) is 0 Å². The zero-order valence-electron chi connectivity index (χ0n) is 15.2. The predicted molar refractivity (Wildman–Crippen MR) is 118 cm³/mol. The number of aromatic nitrogens is 2. The standard InChI is InChI=1S/C21H19N3OS3/c25-19(11-13-26-21-23-15-7-2-4-10-18(15)28-21)24-12-5-8-16(24)20-22-14-6-1-3-9-17(14)27-20/h1-4,6-7,9-10,16H,5,8,11-13H2/t16-/m1/s1. The molecule has 0 unspecified atom stereocenters. The Labute approximate surface area is 175 Å². The summed E-state index contributed by atoms with van der Waals surface area (Å²) in [7, 11) is 0. The second kappa shape index (κ2) is 7.81. The molecule has 1 aliphatic heterocycles. The highest BCUT2D eigenvalue weighted by Gasteiger charge is 2.31. The summed E-state index contributed by atoms with van der Waals surface area (Å²) in [5.74, 6) is 0.997. The number of rotatable bonds is 5. The van der Waals surface area contributed by atoms with Gasteiger partial charge in [-0.15, -0.1) is 22.7 Å². The molecule has 0 radical (unpaired) electrons. The fraction of sp³-hybridized carbons (Fsp3) is 0.286. The van der Waals surface area contributed by atoms with Crippen molar-refractivity contribution in [3.63, 3.8) is 0 Å². The fourth-order valence-electron chi connectivity index (χ4n) is 3.64. The Kier molecular flexibility index (Phi) is 5.05. The summed E-state index contributed by atoms with van der Waals surface area (Å²) in [4.78, 5) is 24.4. The van der Waals surface area contributed by atoms with Crippen LogP contribution >= 0.6 is 34.4 Å². The largest absolute Gasteiger partial charge is 0.333 e. The Morgan fingerprint density at radius 3 is 2.50 bits per heavy atom. The number of carbonyl (C=O) groups is 1. The van der Waals surface area contributed by atoms with Gasteiger partial charge in [0, 0.05) is 18.7 Å². The number of thiazole rings is 2. The van der Waals surface area contributed by atoms with Crippen LogP contribution in [-0.2, 0) is 4.79 Å². The van der Waals surface area contributed by atoms with E-state index in [9.17, 15) is 4.79 Å². The van der Waals surface area contributed by atoms with Crippen LogP contribution in [0, 0.1) is 0 Å². The maximum Gasteiger partial charge on any atom is 0.224 e. The third-order valence-electron chi connectivity index (χ3n) is 4.98. The van der Waals surface area contributed by atoms with Crippen molar-refractivity contribution in [2.24, 2.45) is 0 Å². The molecule has 1 amide bonds. The lowest BCUT2D eigenvalue weighted by atomic mass is 10.2. The number of thioether (sulfide) groups is 1. The van der Waals surface area contributed by atoms with Gasteiger partial charge >= 0.3 is 0 Å². The van der Waals surface area contributed by atoms with Crippen LogP contribution in [0.5, 0.6) is 0 Å². The minimum Gasteiger partial charge on any atom is -0.333 e. The molecule has 4 nitrogen and oxygen atoms in total. The van der Waals surface area contributed by atoms with E-state index >= 15 is 0 Å². The van der Waals surface area contributed by atoms with E-state index in [1.807, 2.05) is 41.3 Å². The number of carbonyl (C=O) groups excluding carboxylic acids is 1. The number of hydrogen-bond donors (Lipinski definition) is 0. The molecule has 0 aliphatic carbocycles.